The van der Waals surface area contributed by atoms with Gasteiger partial charge < -0.3 is 4.90 Å². The Morgan fingerprint density at radius 2 is 1.79 bits per heavy atom. The second kappa shape index (κ2) is 5.66. The Hall–Kier alpha value is -0.830. The van der Waals surface area contributed by atoms with Crippen LogP contribution < -0.4 is 0 Å². The highest BCUT2D eigenvalue weighted by Crippen LogP contribution is 2.36. The normalized spacial score (nSPS) is 24.1. The second-order valence-corrected chi connectivity index (χ2v) is 6.64. The number of halogens is 1. The molecule has 1 aromatic carbocycles. The average molecular weight is 322 g/mol. The van der Waals surface area contributed by atoms with E-state index in [4.69, 9.17) is 0 Å². The number of piperidine rings is 1. The molecule has 0 spiro atoms. The van der Waals surface area contributed by atoms with Crippen LogP contribution in [0.3, 0.4) is 0 Å². The van der Waals surface area contributed by atoms with Gasteiger partial charge in [-0.1, -0.05) is 34.5 Å². The van der Waals surface area contributed by atoms with Crippen LogP contribution in [0.2, 0.25) is 0 Å². The Bertz CT molecular complexity index is 452. The van der Waals surface area contributed by atoms with E-state index in [1.807, 2.05) is 0 Å². The fourth-order valence-corrected chi connectivity index (χ4v) is 3.38. The van der Waals surface area contributed by atoms with Gasteiger partial charge in [-0.3, -0.25) is 4.79 Å². The van der Waals surface area contributed by atoms with Crippen LogP contribution in [-0.4, -0.2) is 17.4 Å². The number of hydrogen-bond acceptors (Lipinski definition) is 1. The highest BCUT2D eigenvalue weighted by molar-refractivity contribution is 9.10. The molecule has 1 saturated heterocycles. The van der Waals surface area contributed by atoms with Gasteiger partial charge in [0.1, 0.15) is 0 Å². The number of benzene rings is 1. The molecule has 1 heterocycles. The molecule has 3 heteroatoms. The number of carbonyl (C=O) groups excluding carboxylic acids is 1. The summed E-state index contributed by atoms with van der Waals surface area (Å²) < 4.78 is 1.10. The average Bonchev–Trinajstić information content (AvgIpc) is 2.37. The van der Waals surface area contributed by atoms with E-state index in [2.05, 4.69) is 45.1 Å². The molecule has 1 aliphatic heterocycles. The molecule has 0 N–H and O–H groups in total. The van der Waals surface area contributed by atoms with Crippen LogP contribution in [0.4, 0.5) is 0 Å². The molecule has 2 fully saturated rings. The molecule has 1 aliphatic carbocycles. The van der Waals surface area contributed by atoms with E-state index in [1.165, 1.54) is 18.4 Å². The van der Waals surface area contributed by atoms with Crippen LogP contribution in [0.1, 0.15) is 50.1 Å². The zero-order valence-corrected chi connectivity index (χ0v) is 12.7. The van der Waals surface area contributed by atoms with E-state index in [1.54, 1.807) is 0 Å². The molecule has 0 radical (unpaired) electrons. The molecule has 2 aliphatic rings. The van der Waals surface area contributed by atoms with Gasteiger partial charge in [0.2, 0.25) is 5.91 Å². The van der Waals surface area contributed by atoms with Crippen molar-refractivity contribution in [2.75, 3.05) is 6.54 Å². The maximum Gasteiger partial charge on any atom is 0.226 e. The fraction of sp³-hybridized carbons (Fsp3) is 0.562. The van der Waals surface area contributed by atoms with Crippen molar-refractivity contribution >= 4 is 21.8 Å². The van der Waals surface area contributed by atoms with Crippen LogP contribution in [0.5, 0.6) is 0 Å². The Morgan fingerprint density at radius 3 is 2.42 bits per heavy atom. The van der Waals surface area contributed by atoms with Gasteiger partial charge >= 0.3 is 0 Å². The zero-order chi connectivity index (χ0) is 13.2. The molecule has 1 unspecified atom stereocenters. The molecule has 102 valence electrons. The fourth-order valence-electron chi connectivity index (χ4n) is 3.12. The lowest BCUT2D eigenvalue weighted by Crippen LogP contribution is -2.43. The summed E-state index contributed by atoms with van der Waals surface area (Å²) in [6.45, 7) is 0.941. The van der Waals surface area contributed by atoms with Gasteiger partial charge in [0, 0.05) is 16.9 Å². The topological polar surface area (TPSA) is 20.3 Å². The van der Waals surface area contributed by atoms with Crippen molar-refractivity contribution < 1.29 is 4.79 Å². The van der Waals surface area contributed by atoms with Gasteiger partial charge in [-0.25, -0.2) is 0 Å². The van der Waals surface area contributed by atoms with Gasteiger partial charge in [0.05, 0.1) is 6.04 Å². The Kier molecular flexibility index (Phi) is 3.92. The summed E-state index contributed by atoms with van der Waals surface area (Å²) in [6.07, 6.45) is 6.93. The number of amides is 1. The summed E-state index contributed by atoms with van der Waals surface area (Å²) in [7, 11) is 0. The van der Waals surface area contributed by atoms with Crippen molar-refractivity contribution in [3.8, 4) is 0 Å². The quantitative estimate of drug-likeness (QED) is 0.795. The summed E-state index contributed by atoms with van der Waals surface area (Å²) >= 11 is 3.48. The zero-order valence-electron chi connectivity index (χ0n) is 11.1. The number of likely N-dealkylation sites (tertiary alicyclic amines) is 1. The molecule has 1 atom stereocenters. The highest BCUT2D eigenvalue weighted by atomic mass is 79.9. The minimum atomic E-state index is 0.301. The van der Waals surface area contributed by atoms with Crippen LogP contribution in [0, 0.1) is 5.92 Å². The first-order valence-electron chi connectivity index (χ1n) is 7.31. The molecular formula is C16H20BrNO. The predicted octanol–water partition coefficient (Wildman–Crippen LogP) is 4.30. The van der Waals surface area contributed by atoms with E-state index in [9.17, 15) is 4.79 Å². The van der Waals surface area contributed by atoms with Gasteiger partial charge in [0.15, 0.2) is 0 Å². The lowest BCUT2D eigenvalue weighted by molar-refractivity contribution is -0.142. The largest absolute Gasteiger partial charge is 0.335 e. The van der Waals surface area contributed by atoms with Crippen molar-refractivity contribution in [3.05, 3.63) is 34.3 Å². The molecule has 1 saturated carbocycles. The Labute approximate surface area is 123 Å². The van der Waals surface area contributed by atoms with Crippen LogP contribution in [0.15, 0.2) is 28.7 Å². The summed E-state index contributed by atoms with van der Waals surface area (Å²) in [5.74, 6) is 0.718. The Balaban J connectivity index is 1.80. The minimum Gasteiger partial charge on any atom is -0.335 e. The lowest BCUT2D eigenvalue weighted by atomic mass is 9.83. The monoisotopic (exact) mass is 321 g/mol. The summed E-state index contributed by atoms with van der Waals surface area (Å²) in [5, 5.41) is 0. The first-order valence-corrected chi connectivity index (χ1v) is 8.11. The third-order valence-electron chi connectivity index (χ3n) is 4.50. The van der Waals surface area contributed by atoms with Crippen molar-refractivity contribution in [1.82, 2.24) is 4.90 Å². The van der Waals surface area contributed by atoms with Crippen LogP contribution in [-0.2, 0) is 4.79 Å². The third kappa shape index (κ3) is 2.71. The smallest absolute Gasteiger partial charge is 0.226 e. The van der Waals surface area contributed by atoms with E-state index in [0.717, 1.165) is 36.7 Å². The van der Waals surface area contributed by atoms with Gasteiger partial charge in [-0.05, 0) is 49.8 Å². The molecule has 0 bridgehead atoms. The van der Waals surface area contributed by atoms with Gasteiger partial charge in [0.25, 0.3) is 0 Å². The standard InChI is InChI=1S/C16H20BrNO/c17-14-9-7-12(8-10-14)15-6-1-2-11-18(15)16(19)13-4-3-5-13/h7-10,13,15H,1-6,11H2. The summed E-state index contributed by atoms with van der Waals surface area (Å²) in [6, 6.07) is 8.77. The van der Waals surface area contributed by atoms with Crippen LogP contribution >= 0.6 is 15.9 Å². The molecule has 1 aromatic rings. The molecule has 1 amide bonds. The number of rotatable bonds is 2. The van der Waals surface area contributed by atoms with Crippen molar-refractivity contribution in [2.24, 2.45) is 5.92 Å². The van der Waals surface area contributed by atoms with Gasteiger partial charge in [-0.15, -0.1) is 0 Å². The first kappa shape index (κ1) is 13.2. The molecular weight excluding hydrogens is 302 g/mol. The van der Waals surface area contributed by atoms with Gasteiger partial charge in [-0.2, -0.15) is 0 Å². The molecule has 3 rings (SSSR count). The van der Waals surface area contributed by atoms with Crippen molar-refractivity contribution in [2.45, 2.75) is 44.6 Å². The lowest BCUT2D eigenvalue weighted by Gasteiger charge is -2.40. The SMILES string of the molecule is O=C(C1CCC1)N1CCCCC1c1ccc(Br)cc1. The molecule has 19 heavy (non-hydrogen) atoms. The van der Waals surface area contributed by atoms with E-state index >= 15 is 0 Å². The summed E-state index contributed by atoms with van der Waals surface area (Å²) in [5.41, 5.74) is 1.29. The Morgan fingerprint density at radius 1 is 1.05 bits per heavy atom. The summed E-state index contributed by atoms with van der Waals surface area (Å²) in [4.78, 5) is 14.7. The van der Waals surface area contributed by atoms with Crippen molar-refractivity contribution in [1.29, 1.82) is 0 Å². The van der Waals surface area contributed by atoms with E-state index < -0.39 is 0 Å². The minimum absolute atomic E-state index is 0.301. The molecule has 0 aromatic heterocycles. The number of carbonyl (C=O) groups is 1. The third-order valence-corrected chi connectivity index (χ3v) is 5.02. The second-order valence-electron chi connectivity index (χ2n) is 5.72. The maximum atomic E-state index is 12.5. The predicted molar refractivity (Wildman–Crippen MR) is 79.8 cm³/mol. The van der Waals surface area contributed by atoms with E-state index in [-0.39, 0.29) is 0 Å². The number of hydrogen-bond donors (Lipinski definition) is 0. The van der Waals surface area contributed by atoms with Crippen LogP contribution in [0.25, 0.3) is 0 Å². The highest BCUT2D eigenvalue weighted by Gasteiger charge is 2.34. The molecule has 2 nitrogen and oxygen atoms in total. The van der Waals surface area contributed by atoms with Crippen molar-refractivity contribution in [3.63, 3.8) is 0 Å². The number of nitrogens with zero attached hydrogens (tertiary/aromatic N) is 1. The first-order chi connectivity index (χ1) is 9.25. The van der Waals surface area contributed by atoms with E-state index in [0.29, 0.717) is 17.9 Å². The maximum absolute atomic E-state index is 12.5.